The molecule has 2 aromatic heterocycles. The van der Waals surface area contributed by atoms with Crippen LogP contribution in [-0.4, -0.2) is 42.7 Å². The third kappa shape index (κ3) is 4.06. The van der Waals surface area contributed by atoms with Gasteiger partial charge in [0.2, 0.25) is 0 Å². The van der Waals surface area contributed by atoms with Crippen molar-refractivity contribution >= 4 is 34.8 Å². The lowest BCUT2D eigenvalue weighted by molar-refractivity contribution is -0.139. The number of aromatic nitrogens is 4. The molecular weight excluding hydrogens is 362 g/mol. The van der Waals surface area contributed by atoms with Crippen LogP contribution in [0, 0.1) is 0 Å². The first kappa shape index (κ1) is 17.6. The zero-order valence-electron chi connectivity index (χ0n) is 13.4. The largest absolute Gasteiger partial charge is 0.480 e. The van der Waals surface area contributed by atoms with Crippen LogP contribution in [-0.2, 0) is 22.7 Å². The Morgan fingerprint density at radius 2 is 2.00 bits per heavy atom. The van der Waals surface area contributed by atoms with Gasteiger partial charge in [0.05, 0.1) is 12.9 Å². The van der Waals surface area contributed by atoms with Crippen molar-refractivity contribution in [2.45, 2.75) is 19.2 Å². The van der Waals surface area contributed by atoms with Crippen molar-refractivity contribution in [3.8, 4) is 0 Å². The SMILES string of the molecule is O=C(N[C@@H](Cn1cnc2c(Cl)ncnc21)C(=O)O)OCc1ccccc1. The summed E-state index contributed by atoms with van der Waals surface area (Å²) in [6.07, 6.45) is 1.80. The van der Waals surface area contributed by atoms with Gasteiger partial charge < -0.3 is 19.7 Å². The molecule has 0 aliphatic heterocycles. The van der Waals surface area contributed by atoms with Crippen LogP contribution in [0.2, 0.25) is 5.15 Å². The minimum absolute atomic E-state index is 0.0376. The van der Waals surface area contributed by atoms with Gasteiger partial charge in [0, 0.05) is 0 Å². The fraction of sp³-hybridized carbons (Fsp3) is 0.188. The van der Waals surface area contributed by atoms with Gasteiger partial charge in [-0.05, 0) is 5.56 Å². The number of alkyl carbamates (subject to hydrolysis) is 1. The van der Waals surface area contributed by atoms with Gasteiger partial charge in [-0.1, -0.05) is 41.9 Å². The molecule has 3 aromatic rings. The highest BCUT2D eigenvalue weighted by Gasteiger charge is 2.23. The lowest BCUT2D eigenvalue weighted by atomic mass is 10.2. The number of imidazole rings is 1. The molecule has 0 saturated carbocycles. The topological polar surface area (TPSA) is 119 Å². The molecular formula is C16H14ClN5O4. The van der Waals surface area contributed by atoms with Gasteiger partial charge >= 0.3 is 12.1 Å². The van der Waals surface area contributed by atoms with Gasteiger partial charge in [-0.3, -0.25) is 0 Å². The van der Waals surface area contributed by atoms with Crippen LogP contribution in [0.4, 0.5) is 4.79 Å². The van der Waals surface area contributed by atoms with Crippen LogP contribution >= 0.6 is 11.6 Å². The maximum atomic E-state index is 11.9. The highest BCUT2D eigenvalue weighted by atomic mass is 35.5. The van der Waals surface area contributed by atoms with E-state index in [4.69, 9.17) is 16.3 Å². The van der Waals surface area contributed by atoms with E-state index in [2.05, 4.69) is 20.3 Å². The van der Waals surface area contributed by atoms with Gasteiger partial charge in [-0.15, -0.1) is 0 Å². The van der Waals surface area contributed by atoms with E-state index in [1.165, 1.54) is 17.2 Å². The van der Waals surface area contributed by atoms with Gasteiger partial charge in [-0.25, -0.2) is 24.5 Å². The average Bonchev–Trinajstić information content (AvgIpc) is 3.04. The second kappa shape index (κ2) is 7.79. The highest BCUT2D eigenvalue weighted by molar-refractivity contribution is 6.33. The molecule has 2 heterocycles. The molecule has 0 fully saturated rings. The number of carboxylic acid groups (broad SMARTS) is 1. The van der Waals surface area contributed by atoms with Gasteiger partial charge in [0.1, 0.15) is 24.5 Å². The predicted octanol–water partition coefficient (Wildman–Crippen LogP) is 1.86. The molecule has 2 N–H and O–H groups in total. The van der Waals surface area contributed by atoms with E-state index in [9.17, 15) is 14.7 Å². The standard InChI is InChI=1S/C16H14ClN5O4/c17-13-12-14(19-8-18-13)22(9-20-12)6-11(15(23)24)21-16(25)26-7-10-4-2-1-3-5-10/h1-5,8-9,11H,6-7H2,(H,21,25)(H,23,24)/t11-/m0/s1. The number of amides is 1. The number of rotatable bonds is 6. The summed E-state index contributed by atoms with van der Waals surface area (Å²) in [6.45, 7) is -0.0601. The molecule has 0 aliphatic rings. The Labute approximate surface area is 152 Å². The Bertz CT molecular complexity index is 931. The number of hydrogen-bond acceptors (Lipinski definition) is 6. The van der Waals surface area contributed by atoms with Crippen LogP contribution < -0.4 is 5.32 Å². The Morgan fingerprint density at radius 3 is 2.73 bits per heavy atom. The molecule has 1 aromatic carbocycles. The van der Waals surface area contributed by atoms with Crippen molar-refractivity contribution in [2.24, 2.45) is 0 Å². The number of hydrogen-bond donors (Lipinski definition) is 2. The van der Waals surface area contributed by atoms with Crippen LogP contribution in [0.1, 0.15) is 5.56 Å². The molecule has 0 spiro atoms. The summed E-state index contributed by atoms with van der Waals surface area (Å²) in [6, 6.07) is 7.83. The fourth-order valence-corrected chi connectivity index (χ4v) is 2.45. The summed E-state index contributed by atoms with van der Waals surface area (Å²) in [7, 11) is 0. The van der Waals surface area contributed by atoms with E-state index < -0.39 is 18.1 Å². The number of carbonyl (C=O) groups excluding carboxylic acids is 1. The second-order valence-electron chi connectivity index (χ2n) is 5.33. The molecule has 0 saturated heterocycles. The molecule has 1 amide bonds. The van der Waals surface area contributed by atoms with E-state index in [1.54, 1.807) is 12.1 Å². The highest BCUT2D eigenvalue weighted by Crippen LogP contribution is 2.17. The fourth-order valence-electron chi connectivity index (χ4n) is 2.27. The van der Waals surface area contributed by atoms with Gasteiger partial charge in [0.25, 0.3) is 0 Å². The maximum absolute atomic E-state index is 11.9. The molecule has 0 bridgehead atoms. The minimum atomic E-state index is -1.23. The number of carboxylic acids is 1. The zero-order chi connectivity index (χ0) is 18.5. The van der Waals surface area contributed by atoms with E-state index in [0.717, 1.165) is 5.56 Å². The number of fused-ring (bicyclic) bond motifs is 1. The third-order valence-electron chi connectivity index (χ3n) is 3.54. The van der Waals surface area contributed by atoms with E-state index in [0.29, 0.717) is 11.2 Å². The van der Waals surface area contributed by atoms with Crippen LogP contribution in [0.5, 0.6) is 0 Å². The molecule has 10 heteroatoms. The normalized spacial score (nSPS) is 11.9. The number of halogens is 1. The minimum Gasteiger partial charge on any atom is -0.480 e. The van der Waals surface area contributed by atoms with Gasteiger partial charge in [-0.2, -0.15) is 0 Å². The van der Waals surface area contributed by atoms with Crippen molar-refractivity contribution in [3.05, 3.63) is 53.7 Å². The maximum Gasteiger partial charge on any atom is 0.408 e. The first-order chi connectivity index (χ1) is 12.5. The summed E-state index contributed by atoms with van der Waals surface area (Å²) in [5, 5.41) is 11.9. The molecule has 134 valence electrons. The number of nitrogens with one attached hydrogen (secondary N) is 1. The molecule has 3 rings (SSSR count). The quantitative estimate of drug-likeness (QED) is 0.631. The molecule has 26 heavy (non-hydrogen) atoms. The van der Waals surface area contributed by atoms with Gasteiger partial charge in [0.15, 0.2) is 10.8 Å². The predicted molar refractivity (Wildman–Crippen MR) is 91.5 cm³/mol. The van der Waals surface area contributed by atoms with Crippen LogP contribution in [0.3, 0.4) is 0 Å². The molecule has 0 radical (unpaired) electrons. The monoisotopic (exact) mass is 375 g/mol. The first-order valence-electron chi connectivity index (χ1n) is 7.56. The summed E-state index contributed by atoms with van der Waals surface area (Å²) in [5.74, 6) is -1.22. The number of nitrogens with zero attached hydrogens (tertiary/aromatic N) is 4. The Hall–Kier alpha value is -3.20. The van der Waals surface area contributed by atoms with E-state index in [-0.39, 0.29) is 18.3 Å². The Morgan fingerprint density at radius 1 is 1.23 bits per heavy atom. The number of carbonyl (C=O) groups is 2. The third-order valence-corrected chi connectivity index (χ3v) is 3.82. The summed E-state index contributed by atoms with van der Waals surface area (Å²) >= 11 is 5.92. The van der Waals surface area contributed by atoms with Crippen LogP contribution in [0.15, 0.2) is 43.0 Å². The average molecular weight is 376 g/mol. The van der Waals surface area contributed by atoms with Crippen molar-refractivity contribution in [3.63, 3.8) is 0 Å². The van der Waals surface area contributed by atoms with Crippen molar-refractivity contribution in [1.82, 2.24) is 24.8 Å². The van der Waals surface area contributed by atoms with Crippen molar-refractivity contribution in [1.29, 1.82) is 0 Å². The lowest BCUT2D eigenvalue weighted by Gasteiger charge is -2.15. The Kier molecular flexibility index (Phi) is 5.28. The lowest BCUT2D eigenvalue weighted by Crippen LogP contribution is -2.43. The Balaban J connectivity index is 1.66. The van der Waals surface area contributed by atoms with E-state index >= 15 is 0 Å². The number of ether oxygens (including phenoxy) is 1. The molecule has 1 atom stereocenters. The zero-order valence-corrected chi connectivity index (χ0v) is 14.1. The van der Waals surface area contributed by atoms with Crippen LogP contribution in [0.25, 0.3) is 11.2 Å². The van der Waals surface area contributed by atoms with Crippen molar-refractivity contribution < 1.29 is 19.4 Å². The molecule has 9 nitrogen and oxygen atoms in total. The molecule has 0 aliphatic carbocycles. The summed E-state index contributed by atoms with van der Waals surface area (Å²) in [5.41, 5.74) is 1.52. The first-order valence-corrected chi connectivity index (χ1v) is 7.93. The van der Waals surface area contributed by atoms with Crippen molar-refractivity contribution in [2.75, 3.05) is 0 Å². The summed E-state index contributed by atoms with van der Waals surface area (Å²) in [4.78, 5) is 35.3. The van der Waals surface area contributed by atoms with E-state index in [1.807, 2.05) is 18.2 Å². The number of benzene rings is 1. The second-order valence-corrected chi connectivity index (χ2v) is 5.69. The number of aliphatic carboxylic acids is 1. The molecule has 0 unspecified atom stereocenters. The summed E-state index contributed by atoms with van der Waals surface area (Å²) < 4.78 is 6.52. The smallest absolute Gasteiger partial charge is 0.408 e.